The van der Waals surface area contributed by atoms with E-state index >= 15 is 0 Å². The highest BCUT2D eigenvalue weighted by Gasteiger charge is 2.32. The highest BCUT2D eigenvalue weighted by molar-refractivity contribution is 5.47. The molecule has 2 fully saturated rings. The number of hydrogen-bond acceptors (Lipinski definition) is 3. The fourth-order valence-corrected chi connectivity index (χ4v) is 3.18. The summed E-state index contributed by atoms with van der Waals surface area (Å²) in [4.78, 5) is 4.61. The number of halogens is 1. The van der Waals surface area contributed by atoms with Crippen molar-refractivity contribution in [2.24, 2.45) is 5.73 Å². The van der Waals surface area contributed by atoms with Crippen LogP contribution in [0, 0.1) is 5.82 Å². The third-order valence-electron chi connectivity index (χ3n) is 4.84. The van der Waals surface area contributed by atoms with Gasteiger partial charge >= 0.3 is 0 Å². The summed E-state index contributed by atoms with van der Waals surface area (Å²) in [6.07, 6.45) is 4.76. The van der Waals surface area contributed by atoms with E-state index in [1.807, 2.05) is 12.1 Å². The zero-order valence-electron chi connectivity index (χ0n) is 12.0. The van der Waals surface area contributed by atoms with Crippen LogP contribution >= 0.6 is 0 Å². The van der Waals surface area contributed by atoms with Gasteiger partial charge in [0.15, 0.2) is 0 Å². The van der Waals surface area contributed by atoms with Gasteiger partial charge in [-0.3, -0.25) is 4.90 Å². The van der Waals surface area contributed by atoms with Gasteiger partial charge in [-0.1, -0.05) is 12.1 Å². The average Bonchev–Trinajstić information content (AvgIpc) is 2.44. The minimum absolute atomic E-state index is 0.114. The topological polar surface area (TPSA) is 32.5 Å². The normalized spacial score (nSPS) is 22.6. The lowest BCUT2D eigenvalue weighted by Crippen LogP contribution is -2.52. The molecule has 20 heavy (non-hydrogen) atoms. The Labute approximate surface area is 120 Å². The maximum Gasteiger partial charge on any atom is 0.146 e. The summed E-state index contributed by atoms with van der Waals surface area (Å²) >= 11 is 0. The Morgan fingerprint density at radius 1 is 1.10 bits per heavy atom. The molecule has 1 saturated carbocycles. The Morgan fingerprint density at radius 2 is 1.80 bits per heavy atom. The Kier molecular flexibility index (Phi) is 3.94. The van der Waals surface area contributed by atoms with Gasteiger partial charge < -0.3 is 10.6 Å². The molecule has 0 radical (unpaired) electrons. The van der Waals surface area contributed by atoms with Crippen molar-refractivity contribution >= 4 is 5.69 Å². The molecule has 0 spiro atoms. The molecule has 1 aromatic carbocycles. The van der Waals surface area contributed by atoms with Gasteiger partial charge in [0, 0.05) is 38.3 Å². The van der Waals surface area contributed by atoms with Gasteiger partial charge in [-0.25, -0.2) is 4.39 Å². The molecule has 4 heteroatoms. The zero-order valence-corrected chi connectivity index (χ0v) is 12.0. The first-order valence-corrected chi connectivity index (χ1v) is 7.67. The monoisotopic (exact) mass is 277 g/mol. The molecule has 0 aromatic heterocycles. The quantitative estimate of drug-likeness (QED) is 0.916. The summed E-state index contributed by atoms with van der Waals surface area (Å²) in [5, 5.41) is 0. The van der Waals surface area contributed by atoms with E-state index in [1.165, 1.54) is 25.3 Å². The van der Waals surface area contributed by atoms with Crippen molar-refractivity contribution in [3.8, 4) is 0 Å². The van der Waals surface area contributed by atoms with Crippen LogP contribution in [-0.2, 0) is 0 Å². The smallest absolute Gasteiger partial charge is 0.146 e. The minimum atomic E-state index is -0.115. The third kappa shape index (κ3) is 2.96. The second-order valence-electron chi connectivity index (χ2n) is 6.25. The average molecular weight is 277 g/mol. The fraction of sp³-hybridized carbons (Fsp3) is 0.625. The van der Waals surface area contributed by atoms with Crippen LogP contribution in [0.2, 0.25) is 0 Å². The van der Waals surface area contributed by atoms with E-state index in [0.29, 0.717) is 0 Å². The minimum Gasteiger partial charge on any atom is -0.367 e. The molecule has 1 saturated heterocycles. The third-order valence-corrected chi connectivity index (χ3v) is 4.84. The Hall–Kier alpha value is -1.13. The summed E-state index contributed by atoms with van der Waals surface area (Å²) in [5.41, 5.74) is 7.12. The van der Waals surface area contributed by atoms with Gasteiger partial charge in [0.25, 0.3) is 0 Å². The number of rotatable bonds is 4. The van der Waals surface area contributed by atoms with Gasteiger partial charge in [0.05, 0.1) is 5.69 Å². The number of para-hydroxylation sites is 1. The summed E-state index contributed by atoms with van der Waals surface area (Å²) in [6, 6.07) is 7.05. The first-order valence-electron chi connectivity index (χ1n) is 7.67. The molecule has 3 rings (SSSR count). The van der Waals surface area contributed by atoms with E-state index in [-0.39, 0.29) is 11.4 Å². The summed E-state index contributed by atoms with van der Waals surface area (Å²) < 4.78 is 13.8. The van der Waals surface area contributed by atoms with Gasteiger partial charge in [-0.2, -0.15) is 0 Å². The predicted octanol–water partition coefficient (Wildman–Crippen LogP) is 2.22. The lowest BCUT2D eigenvalue weighted by molar-refractivity contribution is 0.176. The molecular formula is C16H24FN3. The molecule has 1 heterocycles. The van der Waals surface area contributed by atoms with E-state index in [4.69, 9.17) is 5.73 Å². The van der Waals surface area contributed by atoms with E-state index in [0.717, 1.165) is 44.8 Å². The fourth-order valence-electron chi connectivity index (χ4n) is 3.18. The molecule has 2 N–H and O–H groups in total. The molecule has 1 aliphatic carbocycles. The van der Waals surface area contributed by atoms with Crippen LogP contribution < -0.4 is 10.6 Å². The van der Waals surface area contributed by atoms with Crippen LogP contribution in [0.25, 0.3) is 0 Å². The summed E-state index contributed by atoms with van der Waals surface area (Å²) in [5.74, 6) is -0.115. The molecule has 0 atom stereocenters. The molecule has 0 amide bonds. The van der Waals surface area contributed by atoms with Crippen molar-refractivity contribution in [2.45, 2.75) is 31.2 Å². The van der Waals surface area contributed by atoms with Crippen LogP contribution in [0.1, 0.15) is 25.7 Å². The lowest BCUT2D eigenvalue weighted by Gasteiger charge is -2.41. The van der Waals surface area contributed by atoms with Gasteiger partial charge in [0.1, 0.15) is 5.82 Å². The largest absolute Gasteiger partial charge is 0.367 e. The Balaban J connectivity index is 1.48. The second-order valence-corrected chi connectivity index (χ2v) is 6.25. The van der Waals surface area contributed by atoms with Crippen molar-refractivity contribution < 1.29 is 4.39 Å². The highest BCUT2D eigenvalue weighted by Crippen LogP contribution is 2.32. The molecular weight excluding hydrogens is 253 g/mol. The first-order chi connectivity index (χ1) is 9.66. The van der Waals surface area contributed by atoms with Gasteiger partial charge in [0.2, 0.25) is 0 Å². The summed E-state index contributed by atoms with van der Waals surface area (Å²) in [7, 11) is 0. The number of benzene rings is 1. The van der Waals surface area contributed by atoms with E-state index in [2.05, 4.69) is 9.80 Å². The van der Waals surface area contributed by atoms with Crippen LogP contribution in [0.3, 0.4) is 0 Å². The molecule has 1 aliphatic heterocycles. The lowest BCUT2D eigenvalue weighted by atomic mass is 9.75. The van der Waals surface area contributed by atoms with E-state index < -0.39 is 0 Å². The molecule has 2 aliphatic rings. The van der Waals surface area contributed by atoms with Gasteiger partial charge in [-0.05, 0) is 37.8 Å². The SMILES string of the molecule is NC1(CCN2CCN(c3ccccc3F)CC2)CCC1. The van der Waals surface area contributed by atoms with E-state index in [1.54, 1.807) is 6.07 Å². The molecule has 1 aromatic rings. The maximum atomic E-state index is 13.8. The molecule has 0 bridgehead atoms. The molecule has 0 unspecified atom stereocenters. The molecule has 110 valence electrons. The van der Waals surface area contributed by atoms with Crippen LogP contribution in [0.15, 0.2) is 24.3 Å². The number of nitrogens with zero attached hydrogens (tertiary/aromatic N) is 2. The van der Waals surface area contributed by atoms with Crippen LogP contribution in [0.4, 0.5) is 10.1 Å². The van der Waals surface area contributed by atoms with Crippen molar-refractivity contribution in [1.29, 1.82) is 0 Å². The zero-order chi connectivity index (χ0) is 14.0. The first kappa shape index (κ1) is 13.8. The van der Waals surface area contributed by atoms with Crippen molar-refractivity contribution in [3.05, 3.63) is 30.1 Å². The number of hydrogen-bond donors (Lipinski definition) is 1. The Bertz CT molecular complexity index is 451. The standard InChI is InChI=1S/C16H24FN3/c17-14-4-1-2-5-15(14)20-12-10-19(11-13-20)9-8-16(18)6-3-7-16/h1-2,4-5H,3,6-13,18H2. The van der Waals surface area contributed by atoms with Crippen molar-refractivity contribution in [1.82, 2.24) is 4.90 Å². The predicted molar refractivity (Wildman–Crippen MR) is 80.4 cm³/mol. The molecule has 3 nitrogen and oxygen atoms in total. The number of nitrogens with two attached hydrogens (primary N) is 1. The van der Waals surface area contributed by atoms with Gasteiger partial charge in [-0.15, -0.1) is 0 Å². The van der Waals surface area contributed by atoms with Crippen molar-refractivity contribution in [2.75, 3.05) is 37.6 Å². The summed E-state index contributed by atoms with van der Waals surface area (Å²) in [6.45, 7) is 4.90. The number of piperazine rings is 1. The van der Waals surface area contributed by atoms with E-state index in [9.17, 15) is 4.39 Å². The number of anilines is 1. The van der Waals surface area contributed by atoms with Crippen molar-refractivity contribution in [3.63, 3.8) is 0 Å². The van der Waals surface area contributed by atoms with Crippen LogP contribution in [0.5, 0.6) is 0 Å². The highest BCUT2D eigenvalue weighted by atomic mass is 19.1. The maximum absolute atomic E-state index is 13.8. The second kappa shape index (κ2) is 5.70. The Morgan fingerprint density at radius 3 is 2.40 bits per heavy atom. The van der Waals surface area contributed by atoms with Crippen LogP contribution in [-0.4, -0.2) is 43.2 Å².